The normalized spacial score (nSPS) is 13.9. The Hall–Kier alpha value is -1.86. The molecule has 1 aromatic rings. The van der Waals surface area contributed by atoms with Crippen LogP contribution in [-0.4, -0.2) is 33.8 Å². The molecule has 7 nitrogen and oxygen atoms in total. The van der Waals surface area contributed by atoms with Gasteiger partial charge in [0.1, 0.15) is 11.9 Å². The average molecular weight is 268 g/mol. The van der Waals surface area contributed by atoms with Crippen LogP contribution in [0.25, 0.3) is 0 Å². The van der Waals surface area contributed by atoms with Crippen molar-refractivity contribution in [2.45, 2.75) is 32.5 Å². The number of anilines is 2. The first-order chi connectivity index (χ1) is 8.84. The lowest BCUT2D eigenvalue weighted by Gasteiger charge is -2.20. The van der Waals surface area contributed by atoms with Crippen LogP contribution >= 0.6 is 0 Å². The molecule has 1 heterocycles. The summed E-state index contributed by atoms with van der Waals surface area (Å²) in [5, 5.41) is 22.5. The van der Waals surface area contributed by atoms with Crippen LogP contribution in [0.15, 0.2) is 6.20 Å². The molecule has 106 valence electrons. The number of nitrogens with two attached hydrogens (primary N) is 2. The summed E-state index contributed by atoms with van der Waals surface area (Å²) in [6, 6.07) is 0. The number of aromatic nitrogens is 1. The van der Waals surface area contributed by atoms with Crippen molar-refractivity contribution in [2.24, 2.45) is 0 Å². The zero-order valence-corrected chi connectivity index (χ0v) is 11.1. The predicted octanol–water partition coefficient (Wildman–Crippen LogP) is -0.525. The third-order valence-electron chi connectivity index (χ3n) is 2.95. The fraction of sp³-hybridized carbons (Fsp3) is 0.500. The number of amides is 1. The van der Waals surface area contributed by atoms with Gasteiger partial charge < -0.3 is 27.0 Å². The monoisotopic (exact) mass is 268 g/mol. The summed E-state index contributed by atoms with van der Waals surface area (Å²) < 4.78 is 0. The van der Waals surface area contributed by atoms with E-state index in [1.54, 1.807) is 6.92 Å². The van der Waals surface area contributed by atoms with Crippen molar-refractivity contribution in [3.8, 4) is 0 Å². The number of nitrogens with one attached hydrogen (secondary N) is 1. The van der Waals surface area contributed by atoms with Crippen molar-refractivity contribution in [2.75, 3.05) is 18.0 Å². The highest BCUT2D eigenvalue weighted by atomic mass is 16.3. The van der Waals surface area contributed by atoms with Gasteiger partial charge in [-0.05, 0) is 18.9 Å². The van der Waals surface area contributed by atoms with Gasteiger partial charge in [0.05, 0.1) is 11.8 Å². The van der Waals surface area contributed by atoms with Crippen LogP contribution in [0.3, 0.4) is 0 Å². The molecular weight excluding hydrogens is 248 g/mol. The van der Waals surface area contributed by atoms with Crippen molar-refractivity contribution in [3.63, 3.8) is 0 Å². The lowest BCUT2D eigenvalue weighted by Crippen LogP contribution is -2.28. The van der Waals surface area contributed by atoms with Gasteiger partial charge in [0.2, 0.25) is 5.91 Å². The van der Waals surface area contributed by atoms with Crippen molar-refractivity contribution in [1.29, 1.82) is 0 Å². The highest BCUT2D eigenvalue weighted by Gasteiger charge is 2.21. The second kappa shape index (κ2) is 6.35. The molecule has 0 fully saturated rings. The fourth-order valence-electron chi connectivity index (χ4n) is 1.71. The van der Waals surface area contributed by atoms with E-state index >= 15 is 0 Å². The molecule has 0 radical (unpaired) electrons. The van der Waals surface area contributed by atoms with E-state index in [9.17, 15) is 15.0 Å². The van der Waals surface area contributed by atoms with Gasteiger partial charge in [0.15, 0.2) is 0 Å². The van der Waals surface area contributed by atoms with Crippen LogP contribution in [0.2, 0.25) is 0 Å². The maximum Gasteiger partial charge on any atom is 0.216 e. The average Bonchev–Trinajstić information content (AvgIpc) is 2.35. The molecule has 19 heavy (non-hydrogen) atoms. The van der Waals surface area contributed by atoms with Gasteiger partial charge in [-0.1, -0.05) is 0 Å². The standard InChI is InChI=1S/C12H20N4O3/c1-6-8(5-16-12(14)10(6)13)11(19)9(18)3-4-15-7(2)17/h5,9,11,18-19H,3-4,13H2,1-2H3,(H2,14,16)(H,15,17). The van der Waals surface area contributed by atoms with Crippen LogP contribution < -0.4 is 16.8 Å². The van der Waals surface area contributed by atoms with Gasteiger partial charge >= 0.3 is 0 Å². The van der Waals surface area contributed by atoms with Crippen molar-refractivity contribution >= 4 is 17.4 Å². The van der Waals surface area contributed by atoms with Crippen molar-refractivity contribution in [1.82, 2.24) is 10.3 Å². The summed E-state index contributed by atoms with van der Waals surface area (Å²) in [6.07, 6.45) is -0.517. The number of aliphatic hydroxyl groups is 2. The highest BCUT2D eigenvalue weighted by molar-refractivity contribution is 5.72. The van der Waals surface area contributed by atoms with Gasteiger partial charge in [-0.25, -0.2) is 4.98 Å². The van der Waals surface area contributed by atoms with E-state index in [2.05, 4.69) is 10.3 Å². The minimum atomic E-state index is -1.12. The molecule has 0 saturated carbocycles. The predicted molar refractivity (Wildman–Crippen MR) is 72.1 cm³/mol. The number of nitrogens with zero attached hydrogens (tertiary/aromatic N) is 1. The first-order valence-electron chi connectivity index (χ1n) is 5.95. The summed E-state index contributed by atoms with van der Waals surface area (Å²) >= 11 is 0. The Morgan fingerprint density at radius 3 is 2.68 bits per heavy atom. The third kappa shape index (κ3) is 3.80. The molecule has 1 rings (SSSR count). The topological polar surface area (TPSA) is 134 Å². The molecule has 2 unspecified atom stereocenters. The first kappa shape index (κ1) is 15.2. The fourth-order valence-corrected chi connectivity index (χ4v) is 1.71. The van der Waals surface area contributed by atoms with Gasteiger partial charge in [0.25, 0.3) is 0 Å². The molecule has 0 bridgehead atoms. The minimum absolute atomic E-state index is 0.184. The summed E-state index contributed by atoms with van der Waals surface area (Å²) in [4.78, 5) is 14.6. The molecule has 0 aliphatic rings. The van der Waals surface area contributed by atoms with E-state index in [1.807, 2.05) is 0 Å². The lowest BCUT2D eigenvalue weighted by molar-refractivity contribution is -0.119. The number of nitrogen functional groups attached to an aromatic ring is 2. The zero-order chi connectivity index (χ0) is 14.6. The number of carbonyl (C=O) groups is 1. The van der Waals surface area contributed by atoms with Crippen LogP contribution in [0, 0.1) is 6.92 Å². The summed E-state index contributed by atoms with van der Waals surface area (Å²) in [7, 11) is 0. The maximum absolute atomic E-state index is 10.7. The molecule has 7 N–H and O–H groups in total. The Kier molecular flexibility index (Phi) is 5.08. The largest absolute Gasteiger partial charge is 0.396 e. The molecule has 0 aromatic carbocycles. The SMILES string of the molecule is CC(=O)NCCC(O)C(O)c1cnc(N)c(N)c1C. The van der Waals surface area contributed by atoms with Gasteiger partial charge in [-0.3, -0.25) is 4.79 Å². The van der Waals surface area contributed by atoms with Gasteiger partial charge in [-0.2, -0.15) is 0 Å². The molecule has 7 heteroatoms. The number of pyridine rings is 1. The Bertz CT molecular complexity index is 465. The third-order valence-corrected chi connectivity index (χ3v) is 2.95. The quantitative estimate of drug-likeness (QED) is 0.487. The molecule has 1 amide bonds. The first-order valence-corrected chi connectivity index (χ1v) is 5.95. The van der Waals surface area contributed by atoms with E-state index in [0.717, 1.165) is 0 Å². The highest BCUT2D eigenvalue weighted by Crippen LogP contribution is 2.27. The second-order valence-corrected chi connectivity index (χ2v) is 4.42. The Morgan fingerprint density at radius 1 is 1.47 bits per heavy atom. The smallest absolute Gasteiger partial charge is 0.216 e. The molecule has 0 aliphatic heterocycles. The number of carbonyl (C=O) groups excluding carboxylic acids is 1. The van der Waals surface area contributed by atoms with Gasteiger partial charge in [0, 0.05) is 25.2 Å². The maximum atomic E-state index is 10.7. The van der Waals surface area contributed by atoms with E-state index in [-0.39, 0.29) is 24.7 Å². The van der Waals surface area contributed by atoms with Gasteiger partial charge in [-0.15, -0.1) is 0 Å². The molecule has 0 aliphatic carbocycles. The molecule has 0 spiro atoms. The number of hydrogen-bond acceptors (Lipinski definition) is 6. The van der Waals surface area contributed by atoms with E-state index < -0.39 is 12.2 Å². The van der Waals surface area contributed by atoms with Crippen LogP contribution in [0.1, 0.15) is 30.6 Å². The summed E-state index contributed by atoms with van der Waals surface area (Å²) in [6.45, 7) is 3.37. The summed E-state index contributed by atoms with van der Waals surface area (Å²) in [5.74, 6) is 0.0115. The Labute approximate surface area is 111 Å². The zero-order valence-electron chi connectivity index (χ0n) is 11.1. The molecule has 2 atom stereocenters. The van der Waals surface area contributed by atoms with Crippen molar-refractivity contribution < 1.29 is 15.0 Å². The van der Waals surface area contributed by atoms with E-state index in [4.69, 9.17) is 11.5 Å². The Balaban J connectivity index is 2.74. The van der Waals surface area contributed by atoms with Crippen molar-refractivity contribution in [3.05, 3.63) is 17.3 Å². The number of aliphatic hydroxyl groups excluding tert-OH is 2. The summed E-state index contributed by atoms with van der Waals surface area (Å²) in [5.41, 5.74) is 12.6. The van der Waals surface area contributed by atoms with Crippen LogP contribution in [0.4, 0.5) is 11.5 Å². The van der Waals surface area contributed by atoms with Crippen LogP contribution in [0.5, 0.6) is 0 Å². The minimum Gasteiger partial charge on any atom is -0.396 e. The molecule has 0 saturated heterocycles. The molecule has 1 aromatic heterocycles. The lowest BCUT2D eigenvalue weighted by atomic mass is 9.98. The van der Waals surface area contributed by atoms with Crippen LogP contribution in [-0.2, 0) is 4.79 Å². The van der Waals surface area contributed by atoms with E-state index in [0.29, 0.717) is 16.8 Å². The second-order valence-electron chi connectivity index (χ2n) is 4.42. The number of rotatable bonds is 5. The Morgan fingerprint density at radius 2 is 2.11 bits per heavy atom. The van der Waals surface area contributed by atoms with E-state index in [1.165, 1.54) is 13.1 Å². The number of hydrogen-bond donors (Lipinski definition) is 5. The molecular formula is C12H20N4O3.